The van der Waals surface area contributed by atoms with Crippen molar-refractivity contribution < 1.29 is 4.79 Å². The van der Waals surface area contributed by atoms with E-state index in [1.165, 1.54) is 32.1 Å². The van der Waals surface area contributed by atoms with Gasteiger partial charge in [0, 0.05) is 19.0 Å². The van der Waals surface area contributed by atoms with Crippen molar-refractivity contribution in [2.24, 2.45) is 11.8 Å². The fourth-order valence-electron chi connectivity index (χ4n) is 2.92. The number of amides is 1. The smallest absolute Gasteiger partial charge is 0.220 e. The van der Waals surface area contributed by atoms with Gasteiger partial charge >= 0.3 is 0 Å². The molecule has 2 aliphatic rings. The molecule has 16 heavy (non-hydrogen) atoms. The molecule has 2 atom stereocenters. The first kappa shape index (κ1) is 11.9. The van der Waals surface area contributed by atoms with Gasteiger partial charge in [-0.3, -0.25) is 4.79 Å². The van der Waals surface area contributed by atoms with Crippen molar-refractivity contribution in [3.05, 3.63) is 0 Å². The quantitative estimate of drug-likeness (QED) is 0.766. The van der Waals surface area contributed by atoms with Crippen LogP contribution in [0.1, 0.15) is 45.4 Å². The van der Waals surface area contributed by atoms with Crippen molar-refractivity contribution >= 4 is 5.91 Å². The third kappa shape index (κ3) is 3.21. The average Bonchev–Trinajstić information content (AvgIpc) is 2.66. The Morgan fingerprint density at radius 3 is 2.62 bits per heavy atom. The molecule has 2 fully saturated rings. The van der Waals surface area contributed by atoms with Crippen molar-refractivity contribution in [3.8, 4) is 0 Å². The molecule has 0 radical (unpaired) electrons. The topological polar surface area (TPSA) is 41.1 Å². The Balaban J connectivity index is 1.70. The van der Waals surface area contributed by atoms with Crippen molar-refractivity contribution in [1.29, 1.82) is 0 Å². The summed E-state index contributed by atoms with van der Waals surface area (Å²) in [6, 6.07) is 0.357. The van der Waals surface area contributed by atoms with E-state index in [1.807, 2.05) is 0 Å². The van der Waals surface area contributed by atoms with Crippen LogP contribution < -0.4 is 10.6 Å². The van der Waals surface area contributed by atoms with E-state index in [2.05, 4.69) is 17.6 Å². The SMILES string of the molecule is CC1CNCC1NC(=O)CC1CCCCC1. The van der Waals surface area contributed by atoms with Gasteiger partial charge in [0.2, 0.25) is 5.91 Å². The van der Waals surface area contributed by atoms with E-state index in [4.69, 9.17) is 0 Å². The molecule has 0 aromatic carbocycles. The summed E-state index contributed by atoms with van der Waals surface area (Å²) in [5, 5.41) is 6.49. The number of carbonyl (C=O) groups excluding carboxylic acids is 1. The van der Waals surface area contributed by atoms with Gasteiger partial charge in [0.05, 0.1) is 0 Å². The zero-order valence-electron chi connectivity index (χ0n) is 10.3. The second-order valence-electron chi connectivity index (χ2n) is 5.52. The summed E-state index contributed by atoms with van der Waals surface area (Å²) in [6.07, 6.45) is 7.27. The fraction of sp³-hybridized carbons (Fsp3) is 0.923. The highest BCUT2D eigenvalue weighted by Gasteiger charge is 2.25. The van der Waals surface area contributed by atoms with Gasteiger partial charge in [-0.05, 0) is 31.2 Å². The molecule has 92 valence electrons. The molecule has 2 rings (SSSR count). The van der Waals surface area contributed by atoms with Gasteiger partial charge in [-0.1, -0.05) is 26.2 Å². The van der Waals surface area contributed by atoms with Crippen LogP contribution in [0.25, 0.3) is 0 Å². The maximum absolute atomic E-state index is 11.9. The van der Waals surface area contributed by atoms with Gasteiger partial charge in [0.15, 0.2) is 0 Å². The highest BCUT2D eigenvalue weighted by atomic mass is 16.1. The molecule has 0 aromatic rings. The maximum atomic E-state index is 11.9. The predicted molar refractivity (Wildman–Crippen MR) is 65.2 cm³/mol. The van der Waals surface area contributed by atoms with E-state index < -0.39 is 0 Å². The van der Waals surface area contributed by atoms with Crippen LogP contribution in [0.5, 0.6) is 0 Å². The monoisotopic (exact) mass is 224 g/mol. The summed E-state index contributed by atoms with van der Waals surface area (Å²) in [4.78, 5) is 11.9. The third-order valence-corrected chi connectivity index (χ3v) is 4.06. The first-order chi connectivity index (χ1) is 7.75. The normalized spacial score (nSPS) is 31.6. The number of nitrogens with one attached hydrogen (secondary N) is 2. The lowest BCUT2D eigenvalue weighted by molar-refractivity contribution is -0.123. The van der Waals surface area contributed by atoms with Gasteiger partial charge < -0.3 is 10.6 Å². The summed E-state index contributed by atoms with van der Waals surface area (Å²) in [5.41, 5.74) is 0. The zero-order chi connectivity index (χ0) is 11.4. The van der Waals surface area contributed by atoms with Crippen LogP contribution in [0.2, 0.25) is 0 Å². The minimum Gasteiger partial charge on any atom is -0.352 e. The van der Waals surface area contributed by atoms with Gasteiger partial charge in [-0.25, -0.2) is 0 Å². The lowest BCUT2D eigenvalue weighted by Crippen LogP contribution is -2.40. The van der Waals surface area contributed by atoms with Crippen LogP contribution >= 0.6 is 0 Å². The van der Waals surface area contributed by atoms with Crippen LogP contribution in [0.4, 0.5) is 0 Å². The van der Waals surface area contributed by atoms with Gasteiger partial charge in [0.25, 0.3) is 0 Å². The minimum atomic E-state index is 0.271. The molecule has 2 N–H and O–H groups in total. The first-order valence-electron chi connectivity index (χ1n) is 6.76. The Hall–Kier alpha value is -0.570. The highest BCUT2D eigenvalue weighted by molar-refractivity contribution is 5.76. The second kappa shape index (κ2) is 5.67. The van der Waals surface area contributed by atoms with Crippen LogP contribution in [0.15, 0.2) is 0 Å². The summed E-state index contributed by atoms with van der Waals surface area (Å²) >= 11 is 0. The van der Waals surface area contributed by atoms with Crippen LogP contribution in [-0.4, -0.2) is 25.0 Å². The number of carbonyl (C=O) groups is 1. The summed E-state index contributed by atoms with van der Waals surface area (Å²) in [6.45, 7) is 4.18. The molecule has 0 spiro atoms. The molecule has 1 heterocycles. The van der Waals surface area contributed by atoms with Gasteiger partial charge in [-0.2, -0.15) is 0 Å². The van der Waals surface area contributed by atoms with Gasteiger partial charge in [-0.15, -0.1) is 0 Å². The van der Waals surface area contributed by atoms with E-state index in [-0.39, 0.29) is 5.91 Å². The standard InChI is InChI=1S/C13H24N2O/c1-10-8-14-9-12(10)15-13(16)7-11-5-3-2-4-6-11/h10-12,14H,2-9H2,1H3,(H,15,16). The van der Waals surface area contributed by atoms with E-state index >= 15 is 0 Å². The molecular formula is C13H24N2O. The predicted octanol–water partition coefficient (Wildman–Crippen LogP) is 1.68. The average molecular weight is 224 g/mol. The fourth-order valence-corrected chi connectivity index (χ4v) is 2.92. The molecular weight excluding hydrogens is 200 g/mol. The highest BCUT2D eigenvalue weighted by Crippen LogP contribution is 2.26. The third-order valence-electron chi connectivity index (χ3n) is 4.06. The van der Waals surface area contributed by atoms with E-state index in [0.717, 1.165) is 19.5 Å². The summed E-state index contributed by atoms with van der Waals surface area (Å²) < 4.78 is 0. The van der Waals surface area contributed by atoms with E-state index in [9.17, 15) is 4.79 Å². The Bertz CT molecular complexity index is 236. The van der Waals surface area contributed by atoms with Crippen molar-refractivity contribution in [2.75, 3.05) is 13.1 Å². The molecule has 1 amide bonds. The molecule has 1 aliphatic heterocycles. The Labute approximate surface area is 98.4 Å². The number of hydrogen-bond donors (Lipinski definition) is 2. The Morgan fingerprint density at radius 1 is 1.25 bits per heavy atom. The van der Waals surface area contributed by atoms with Crippen LogP contribution in [-0.2, 0) is 4.79 Å². The lowest BCUT2D eigenvalue weighted by atomic mass is 9.86. The molecule has 1 saturated carbocycles. The molecule has 1 saturated heterocycles. The second-order valence-corrected chi connectivity index (χ2v) is 5.52. The molecule has 1 aliphatic carbocycles. The largest absolute Gasteiger partial charge is 0.352 e. The Morgan fingerprint density at radius 2 is 2.00 bits per heavy atom. The summed E-state index contributed by atoms with van der Waals surface area (Å²) in [5.74, 6) is 1.50. The molecule has 3 heteroatoms. The van der Waals surface area contributed by atoms with Crippen molar-refractivity contribution in [1.82, 2.24) is 10.6 Å². The van der Waals surface area contributed by atoms with Gasteiger partial charge in [0.1, 0.15) is 0 Å². The van der Waals surface area contributed by atoms with Crippen LogP contribution in [0.3, 0.4) is 0 Å². The number of hydrogen-bond acceptors (Lipinski definition) is 2. The first-order valence-corrected chi connectivity index (χ1v) is 6.76. The lowest BCUT2D eigenvalue weighted by Gasteiger charge is -2.22. The minimum absolute atomic E-state index is 0.271. The Kier molecular flexibility index (Phi) is 4.22. The van der Waals surface area contributed by atoms with E-state index in [0.29, 0.717) is 17.9 Å². The van der Waals surface area contributed by atoms with Crippen molar-refractivity contribution in [2.45, 2.75) is 51.5 Å². The van der Waals surface area contributed by atoms with E-state index in [1.54, 1.807) is 0 Å². The zero-order valence-corrected chi connectivity index (χ0v) is 10.3. The molecule has 0 aromatic heterocycles. The summed E-state index contributed by atoms with van der Waals surface area (Å²) in [7, 11) is 0. The van der Waals surface area contributed by atoms with Crippen molar-refractivity contribution in [3.63, 3.8) is 0 Å². The molecule has 3 nitrogen and oxygen atoms in total. The molecule has 2 unspecified atom stereocenters. The molecule has 0 bridgehead atoms. The maximum Gasteiger partial charge on any atom is 0.220 e. The van der Waals surface area contributed by atoms with Crippen LogP contribution in [0, 0.1) is 11.8 Å². The number of rotatable bonds is 3.